The third-order valence-electron chi connectivity index (χ3n) is 4.24. The zero-order valence-electron chi connectivity index (χ0n) is 14.8. The molecule has 0 fully saturated rings. The van der Waals surface area contributed by atoms with Crippen LogP contribution in [-0.2, 0) is 0 Å². The first kappa shape index (κ1) is 19.5. The number of aromatic nitrogens is 3. The van der Waals surface area contributed by atoms with Crippen molar-refractivity contribution in [2.24, 2.45) is 16.8 Å². The Balaban J connectivity index is 1.96. The van der Waals surface area contributed by atoms with E-state index in [1.807, 2.05) is 0 Å². The fourth-order valence-electron chi connectivity index (χ4n) is 2.92. The Morgan fingerprint density at radius 1 is 1.00 bits per heavy atom. The number of rotatable bonds is 3. The van der Waals surface area contributed by atoms with E-state index in [0.29, 0.717) is 43.4 Å². The Morgan fingerprint density at radius 2 is 1.72 bits per heavy atom. The molecule has 2 aromatic carbocycles. The quantitative estimate of drug-likeness (QED) is 0.211. The average Bonchev–Trinajstić information content (AvgIpc) is 3.10. The van der Waals surface area contributed by atoms with Gasteiger partial charge in [0, 0.05) is 21.8 Å². The summed E-state index contributed by atoms with van der Waals surface area (Å²) in [5.74, 6) is 12.3. The van der Waals surface area contributed by atoms with Gasteiger partial charge in [-0.1, -0.05) is 34.8 Å². The van der Waals surface area contributed by atoms with Crippen LogP contribution in [0.1, 0.15) is 5.69 Å². The van der Waals surface area contributed by atoms with Gasteiger partial charge in [-0.15, -0.1) is 0 Å². The fraction of sp³-hybridized carbons (Fsp3) is 0. The van der Waals surface area contributed by atoms with Crippen molar-refractivity contribution in [2.45, 2.75) is 0 Å². The molecule has 4 N–H and O–H groups in total. The molecule has 0 saturated carbocycles. The van der Waals surface area contributed by atoms with Gasteiger partial charge < -0.3 is 5.84 Å². The lowest BCUT2D eigenvalue weighted by Crippen LogP contribution is -2.40. The van der Waals surface area contributed by atoms with E-state index in [1.54, 1.807) is 65.3 Å². The molecule has 0 radical (unpaired) electrons. The number of hydrogen-bond donors (Lipinski definition) is 2. The summed E-state index contributed by atoms with van der Waals surface area (Å²) >= 11 is 18.6. The Bertz CT molecular complexity index is 1220. The molecule has 7 nitrogen and oxygen atoms in total. The van der Waals surface area contributed by atoms with Crippen molar-refractivity contribution in [2.75, 3.05) is 5.01 Å². The highest BCUT2D eigenvalue weighted by atomic mass is 35.5. The number of fused-ring (bicyclic) bond motifs is 1. The second-order valence-electron chi connectivity index (χ2n) is 6.03. The van der Waals surface area contributed by atoms with Crippen LogP contribution in [-0.4, -0.2) is 20.4 Å². The maximum absolute atomic E-state index is 6.43. The molecule has 0 aliphatic rings. The summed E-state index contributed by atoms with van der Waals surface area (Å²) in [6, 6.07) is 15.6. The van der Waals surface area contributed by atoms with Gasteiger partial charge in [0.1, 0.15) is 11.4 Å². The number of hydrazone groups is 1. The molecule has 29 heavy (non-hydrogen) atoms. The summed E-state index contributed by atoms with van der Waals surface area (Å²) in [5, 5.41) is 11.2. The first-order valence-corrected chi connectivity index (χ1v) is 9.51. The van der Waals surface area contributed by atoms with Gasteiger partial charge in [0.05, 0.1) is 10.7 Å². The molecule has 0 saturated heterocycles. The van der Waals surface area contributed by atoms with E-state index in [9.17, 15) is 0 Å². The molecule has 0 spiro atoms. The zero-order chi connectivity index (χ0) is 20.5. The predicted octanol–water partition coefficient (Wildman–Crippen LogP) is 4.36. The molecule has 0 atom stereocenters. The number of hydrazine groups is 1. The van der Waals surface area contributed by atoms with Crippen LogP contribution in [0.25, 0.3) is 16.9 Å². The number of hydrogen-bond acceptors (Lipinski definition) is 5. The highest BCUT2D eigenvalue weighted by molar-refractivity contribution is 6.35. The molecule has 0 bridgehead atoms. The molecule has 0 unspecified atom stereocenters. The largest absolute Gasteiger partial charge is 0.321 e. The van der Waals surface area contributed by atoms with Crippen molar-refractivity contribution < 1.29 is 0 Å². The normalized spacial score (nSPS) is 11.8. The van der Waals surface area contributed by atoms with Crippen LogP contribution in [0.4, 0.5) is 5.69 Å². The van der Waals surface area contributed by atoms with Gasteiger partial charge in [0.25, 0.3) is 0 Å². The Labute approximate surface area is 181 Å². The molecular formula is C19H14Cl3N7. The third-order valence-corrected chi connectivity index (χ3v) is 5.06. The monoisotopic (exact) mass is 445 g/mol. The second kappa shape index (κ2) is 7.88. The summed E-state index contributed by atoms with van der Waals surface area (Å²) < 4.78 is 1.59. The number of nitrogens with zero attached hydrogens (tertiary/aromatic N) is 5. The van der Waals surface area contributed by atoms with E-state index in [-0.39, 0.29) is 5.84 Å². The highest BCUT2D eigenvalue weighted by Gasteiger charge is 2.25. The maximum atomic E-state index is 6.43. The topological polar surface area (TPSA) is 97.8 Å². The Kier molecular flexibility index (Phi) is 5.29. The van der Waals surface area contributed by atoms with E-state index in [2.05, 4.69) is 15.2 Å². The van der Waals surface area contributed by atoms with Crippen LogP contribution in [0.2, 0.25) is 15.1 Å². The molecule has 2 heterocycles. The van der Waals surface area contributed by atoms with Crippen molar-refractivity contribution in [1.82, 2.24) is 14.6 Å². The van der Waals surface area contributed by atoms with Gasteiger partial charge in [0.2, 0.25) is 0 Å². The molecule has 10 heteroatoms. The third kappa shape index (κ3) is 3.61. The van der Waals surface area contributed by atoms with Gasteiger partial charge >= 0.3 is 0 Å². The lowest BCUT2D eigenvalue weighted by atomic mass is 10.1. The number of nitrogens with two attached hydrogens (primary N) is 2. The maximum Gasteiger partial charge on any atom is 0.195 e. The summed E-state index contributed by atoms with van der Waals surface area (Å²) in [6.45, 7) is 0. The minimum Gasteiger partial charge on any atom is -0.321 e. The van der Waals surface area contributed by atoms with E-state index in [4.69, 9.17) is 46.5 Å². The number of benzene rings is 2. The first-order valence-electron chi connectivity index (χ1n) is 8.37. The number of amidine groups is 1. The average molecular weight is 447 g/mol. The van der Waals surface area contributed by atoms with Crippen molar-refractivity contribution in [3.05, 3.63) is 81.6 Å². The molecule has 2 aromatic heterocycles. The minimum atomic E-state index is 0.226. The summed E-state index contributed by atoms with van der Waals surface area (Å²) in [5.41, 5.74) is 2.74. The molecule has 146 valence electrons. The Hall–Kier alpha value is -2.84. The Morgan fingerprint density at radius 3 is 2.45 bits per heavy atom. The van der Waals surface area contributed by atoms with Crippen LogP contribution < -0.4 is 16.7 Å². The van der Waals surface area contributed by atoms with Crippen LogP contribution in [0.3, 0.4) is 0 Å². The van der Waals surface area contributed by atoms with Crippen molar-refractivity contribution in [3.8, 4) is 11.3 Å². The first-order chi connectivity index (χ1) is 14.0. The van der Waals surface area contributed by atoms with E-state index < -0.39 is 0 Å². The van der Waals surface area contributed by atoms with Crippen molar-refractivity contribution >= 4 is 52.0 Å². The minimum absolute atomic E-state index is 0.226. The second-order valence-corrected chi connectivity index (χ2v) is 7.31. The molecule has 0 aliphatic heterocycles. The molecular weight excluding hydrogens is 433 g/mol. The number of halogens is 3. The van der Waals surface area contributed by atoms with Crippen molar-refractivity contribution in [3.63, 3.8) is 0 Å². The molecule has 4 rings (SSSR count). The summed E-state index contributed by atoms with van der Waals surface area (Å²) in [7, 11) is 0. The van der Waals surface area contributed by atoms with Gasteiger partial charge in [-0.25, -0.2) is 15.3 Å². The van der Waals surface area contributed by atoms with E-state index in [1.165, 1.54) is 5.01 Å². The predicted molar refractivity (Wildman–Crippen MR) is 117 cm³/mol. The standard InChI is InChI=1S/C19H14Cl3N7/c20-11-3-6-13(7-4-11)28(24)19(27-23)18-17(14-10-12(21)5-8-15(14)22)26-16-2-1-9-25-29(16)18/h1-10H,23-24H2/b27-19-. The number of imidazole rings is 1. The SMILES string of the molecule is N/N=C(/c1c(-c2cc(Cl)ccc2Cl)nc2cccnn12)N(N)c1ccc(Cl)cc1. The molecule has 4 aromatic rings. The van der Waals surface area contributed by atoms with Crippen LogP contribution in [0.5, 0.6) is 0 Å². The van der Waals surface area contributed by atoms with Crippen LogP contribution in [0, 0.1) is 0 Å². The van der Waals surface area contributed by atoms with Crippen molar-refractivity contribution in [1.29, 1.82) is 0 Å². The highest BCUT2D eigenvalue weighted by Crippen LogP contribution is 2.33. The molecule has 0 aliphatic carbocycles. The lowest BCUT2D eigenvalue weighted by Gasteiger charge is -2.20. The summed E-state index contributed by atoms with van der Waals surface area (Å²) in [4.78, 5) is 4.66. The zero-order valence-corrected chi connectivity index (χ0v) is 17.1. The van der Waals surface area contributed by atoms with Gasteiger partial charge in [-0.3, -0.25) is 5.01 Å². The smallest absolute Gasteiger partial charge is 0.195 e. The molecule has 0 amide bonds. The van der Waals surface area contributed by atoms with Crippen LogP contribution in [0.15, 0.2) is 65.9 Å². The van der Waals surface area contributed by atoms with E-state index in [0.717, 1.165) is 0 Å². The van der Waals surface area contributed by atoms with E-state index >= 15 is 0 Å². The fourth-order valence-corrected chi connectivity index (χ4v) is 3.42. The van der Waals surface area contributed by atoms with Gasteiger partial charge in [0.15, 0.2) is 11.5 Å². The number of anilines is 1. The van der Waals surface area contributed by atoms with Gasteiger partial charge in [-0.2, -0.15) is 10.2 Å². The van der Waals surface area contributed by atoms with Gasteiger partial charge in [-0.05, 0) is 54.6 Å². The lowest BCUT2D eigenvalue weighted by molar-refractivity contribution is 0.915. The van der Waals surface area contributed by atoms with Crippen LogP contribution >= 0.6 is 34.8 Å². The summed E-state index contributed by atoms with van der Waals surface area (Å²) in [6.07, 6.45) is 1.62.